The minimum atomic E-state index is 0.689. The predicted molar refractivity (Wildman–Crippen MR) is 108 cm³/mol. The van der Waals surface area contributed by atoms with Gasteiger partial charge in [0.2, 0.25) is 0 Å². The van der Waals surface area contributed by atoms with Gasteiger partial charge in [0.05, 0.1) is 0 Å². The maximum Gasteiger partial charge on any atom is 0.111 e. The fraction of sp³-hybridized carbons (Fsp3) is 0.818. The van der Waals surface area contributed by atoms with Crippen LogP contribution in [-0.2, 0) is 4.74 Å². The van der Waals surface area contributed by atoms with Gasteiger partial charge in [0, 0.05) is 6.54 Å². The molecule has 0 saturated heterocycles. The van der Waals surface area contributed by atoms with E-state index in [-0.39, 0.29) is 0 Å². The molecular weight excluding hydrogens is 294 g/mol. The van der Waals surface area contributed by atoms with Gasteiger partial charge in [-0.2, -0.15) is 0 Å². The molecule has 0 saturated carbocycles. The minimum Gasteiger partial charge on any atom is -0.493 e. The molecule has 0 rings (SSSR count). The lowest BCUT2D eigenvalue weighted by molar-refractivity contribution is 0.161. The molecule has 0 heterocycles. The van der Waals surface area contributed by atoms with E-state index >= 15 is 0 Å². The van der Waals surface area contributed by atoms with Gasteiger partial charge in [-0.25, -0.2) is 0 Å². The molecule has 2 nitrogen and oxygen atoms in total. The number of nitrogens with zero attached hydrogens (tertiary/aromatic N) is 1. The molecule has 142 valence electrons. The maximum absolute atomic E-state index is 5.59. The summed E-state index contributed by atoms with van der Waals surface area (Å²) in [6, 6.07) is 0. The number of unbranched alkanes of at least 4 members (excludes halogenated alkanes) is 10. The molecule has 0 aliphatic rings. The first-order valence-corrected chi connectivity index (χ1v) is 10.4. The molecule has 0 radical (unpaired) electrons. The summed E-state index contributed by atoms with van der Waals surface area (Å²) in [5, 5.41) is 0. The topological polar surface area (TPSA) is 12.5 Å². The Labute approximate surface area is 152 Å². The summed E-state index contributed by atoms with van der Waals surface area (Å²) >= 11 is 0. The van der Waals surface area contributed by atoms with E-state index in [1.54, 1.807) is 6.08 Å². The predicted octanol–water partition coefficient (Wildman–Crippen LogP) is 6.73. The Morgan fingerprint density at radius 3 is 1.67 bits per heavy atom. The number of hydrogen-bond donors (Lipinski definition) is 0. The van der Waals surface area contributed by atoms with Crippen LogP contribution in [-0.4, -0.2) is 31.1 Å². The zero-order valence-corrected chi connectivity index (χ0v) is 16.7. The number of hydrogen-bond acceptors (Lipinski definition) is 2. The van der Waals surface area contributed by atoms with Crippen LogP contribution in [0.1, 0.15) is 90.9 Å². The van der Waals surface area contributed by atoms with Gasteiger partial charge >= 0.3 is 0 Å². The first-order valence-electron chi connectivity index (χ1n) is 10.4. The van der Waals surface area contributed by atoms with Crippen LogP contribution in [0.25, 0.3) is 0 Å². The first-order chi connectivity index (χ1) is 11.7. The summed E-state index contributed by atoms with van der Waals surface area (Å²) in [4.78, 5) is 2.58. The number of ether oxygens (including phenoxy) is 1. The smallest absolute Gasteiger partial charge is 0.111 e. The average molecular weight is 338 g/mol. The first kappa shape index (κ1) is 23.2. The van der Waals surface area contributed by atoms with E-state index in [1.165, 1.54) is 90.1 Å². The van der Waals surface area contributed by atoms with Crippen molar-refractivity contribution in [1.82, 2.24) is 4.90 Å². The molecule has 0 aliphatic carbocycles. The van der Waals surface area contributed by atoms with E-state index in [0.29, 0.717) is 5.76 Å². The highest BCUT2D eigenvalue weighted by Crippen LogP contribution is 2.09. The van der Waals surface area contributed by atoms with Crippen LogP contribution in [0.3, 0.4) is 0 Å². The van der Waals surface area contributed by atoms with E-state index in [4.69, 9.17) is 4.74 Å². The molecule has 0 aliphatic heterocycles. The summed E-state index contributed by atoms with van der Waals surface area (Å²) in [6.07, 6.45) is 18.1. The summed E-state index contributed by atoms with van der Waals surface area (Å²) in [5.74, 6) is 0.689. The van der Waals surface area contributed by atoms with Crippen molar-refractivity contribution in [2.45, 2.75) is 90.9 Å². The lowest BCUT2D eigenvalue weighted by Crippen LogP contribution is -2.29. The molecule has 0 bridgehead atoms. The van der Waals surface area contributed by atoms with Crippen LogP contribution in [0.2, 0.25) is 0 Å². The van der Waals surface area contributed by atoms with Crippen LogP contribution < -0.4 is 0 Å². The Kier molecular flexibility index (Phi) is 18.0. The van der Waals surface area contributed by atoms with Gasteiger partial charge < -0.3 is 4.74 Å². The third-order valence-corrected chi connectivity index (χ3v) is 4.58. The highest BCUT2D eigenvalue weighted by Gasteiger charge is 2.05. The molecule has 0 atom stereocenters. The highest BCUT2D eigenvalue weighted by atomic mass is 16.5. The molecule has 2 heteroatoms. The molecule has 0 amide bonds. The number of rotatable bonds is 19. The summed E-state index contributed by atoms with van der Waals surface area (Å²) in [5.41, 5.74) is 0. The Morgan fingerprint density at radius 1 is 0.750 bits per heavy atom. The number of allylic oxidation sites excluding steroid dienone is 1. The fourth-order valence-electron chi connectivity index (χ4n) is 2.93. The Bertz CT molecular complexity index is 272. The van der Waals surface area contributed by atoms with Crippen LogP contribution in [0.15, 0.2) is 25.0 Å². The standard InChI is InChI=1S/C22H43NO/c1-5-8-10-12-14-16-18-23(20-21-24-22(4)7-3)19-17-15-13-11-9-6-2/h7H,3-6,8-21H2,1-2H3. The van der Waals surface area contributed by atoms with Gasteiger partial charge in [-0.3, -0.25) is 4.90 Å². The highest BCUT2D eigenvalue weighted by molar-refractivity contribution is 5.01. The molecule has 0 aromatic carbocycles. The van der Waals surface area contributed by atoms with Crippen LogP contribution in [0.4, 0.5) is 0 Å². The van der Waals surface area contributed by atoms with Gasteiger partial charge in [0.25, 0.3) is 0 Å². The third kappa shape index (κ3) is 16.1. The van der Waals surface area contributed by atoms with E-state index < -0.39 is 0 Å². The van der Waals surface area contributed by atoms with E-state index in [1.807, 2.05) is 0 Å². The normalized spacial score (nSPS) is 11.0. The van der Waals surface area contributed by atoms with Crippen molar-refractivity contribution in [2.24, 2.45) is 0 Å². The van der Waals surface area contributed by atoms with Crippen molar-refractivity contribution in [1.29, 1.82) is 0 Å². The van der Waals surface area contributed by atoms with E-state index in [9.17, 15) is 0 Å². The van der Waals surface area contributed by atoms with Gasteiger partial charge in [-0.05, 0) is 32.0 Å². The largest absolute Gasteiger partial charge is 0.493 e. The second kappa shape index (κ2) is 18.6. The van der Waals surface area contributed by atoms with Crippen molar-refractivity contribution < 1.29 is 4.74 Å². The van der Waals surface area contributed by atoms with Gasteiger partial charge in [0.1, 0.15) is 12.4 Å². The molecule has 0 fully saturated rings. The van der Waals surface area contributed by atoms with E-state index in [0.717, 1.165) is 13.2 Å². The van der Waals surface area contributed by atoms with Crippen molar-refractivity contribution in [3.8, 4) is 0 Å². The van der Waals surface area contributed by atoms with Gasteiger partial charge in [0.15, 0.2) is 0 Å². The zero-order chi connectivity index (χ0) is 17.9. The molecule has 0 N–H and O–H groups in total. The lowest BCUT2D eigenvalue weighted by atomic mass is 10.1. The van der Waals surface area contributed by atoms with Crippen molar-refractivity contribution in [3.63, 3.8) is 0 Å². The van der Waals surface area contributed by atoms with Crippen molar-refractivity contribution >= 4 is 0 Å². The fourth-order valence-corrected chi connectivity index (χ4v) is 2.93. The molecule has 0 unspecified atom stereocenters. The molecular formula is C22H43NO. The second-order valence-corrected chi connectivity index (χ2v) is 6.90. The Balaban J connectivity index is 3.86. The van der Waals surface area contributed by atoms with Crippen molar-refractivity contribution in [2.75, 3.05) is 26.2 Å². The van der Waals surface area contributed by atoms with E-state index in [2.05, 4.69) is 31.9 Å². The minimum absolute atomic E-state index is 0.689. The van der Waals surface area contributed by atoms with Gasteiger partial charge in [-0.1, -0.05) is 91.2 Å². The molecule has 0 aromatic heterocycles. The Hall–Kier alpha value is -0.760. The maximum atomic E-state index is 5.59. The average Bonchev–Trinajstić information content (AvgIpc) is 2.60. The Morgan fingerprint density at radius 2 is 1.21 bits per heavy atom. The van der Waals surface area contributed by atoms with Gasteiger partial charge in [-0.15, -0.1) is 0 Å². The van der Waals surface area contributed by atoms with Crippen LogP contribution >= 0.6 is 0 Å². The van der Waals surface area contributed by atoms with Crippen LogP contribution in [0.5, 0.6) is 0 Å². The lowest BCUT2D eigenvalue weighted by Gasteiger charge is -2.22. The summed E-state index contributed by atoms with van der Waals surface area (Å²) in [6.45, 7) is 16.2. The molecule has 0 spiro atoms. The molecule has 24 heavy (non-hydrogen) atoms. The SMILES string of the molecule is C=CC(=C)OCCN(CCCCCCCC)CCCCCCCC. The molecule has 0 aromatic rings. The third-order valence-electron chi connectivity index (χ3n) is 4.58. The zero-order valence-electron chi connectivity index (χ0n) is 16.7. The summed E-state index contributed by atoms with van der Waals surface area (Å²) in [7, 11) is 0. The van der Waals surface area contributed by atoms with Crippen LogP contribution in [0, 0.1) is 0 Å². The quantitative estimate of drug-likeness (QED) is 0.147. The van der Waals surface area contributed by atoms with Crippen molar-refractivity contribution in [3.05, 3.63) is 25.0 Å². The second-order valence-electron chi connectivity index (χ2n) is 6.90. The monoisotopic (exact) mass is 337 g/mol. The summed E-state index contributed by atoms with van der Waals surface area (Å²) < 4.78 is 5.59.